The summed E-state index contributed by atoms with van der Waals surface area (Å²) >= 11 is 0. The highest BCUT2D eigenvalue weighted by Gasteiger charge is 2.21. The molecule has 0 bridgehead atoms. The molecule has 0 aliphatic heterocycles. The van der Waals surface area contributed by atoms with Gasteiger partial charge in [-0.05, 0) is 12.0 Å². The predicted molar refractivity (Wildman–Crippen MR) is 59.4 cm³/mol. The zero-order valence-corrected chi connectivity index (χ0v) is 9.38. The number of ether oxygens (including phenoxy) is 1. The molecule has 0 fully saturated rings. The molecule has 0 spiro atoms. The molecule has 0 amide bonds. The van der Waals surface area contributed by atoms with E-state index in [1.54, 1.807) is 31.2 Å². The first-order valence-electron chi connectivity index (χ1n) is 5.09. The van der Waals surface area contributed by atoms with Gasteiger partial charge in [-0.15, -0.1) is 0 Å². The summed E-state index contributed by atoms with van der Waals surface area (Å²) in [5.74, 6) is -0.692. The van der Waals surface area contributed by atoms with Crippen molar-refractivity contribution in [2.45, 2.75) is 19.4 Å². The molecule has 88 valence electrons. The average molecular weight is 224 g/mol. The molecule has 0 aliphatic carbocycles. The van der Waals surface area contributed by atoms with E-state index in [1.807, 2.05) is 0 Å². The van der Waals surface area contributed by atoms with Gasteiger partial charge in [-0.2, -0.15) is 0 Å². The van der Waals surface area contributed by atoms with Crippen LogP contribution in [0.5, 0.6) is 5.75 Å². The number of rotatable bonds is 5. The number of hydrogen-bond acceptors (Lipinski definition) is 3. The number of carboxylic acids is 1. The molecule has 2 N–H and O–H groups in total. The first-order valence-corrected chi connectivity index (χ1v) is 5.09. The molecule has 0 saturated heterocycles. The van der Waals surface area contributed by atoms with Gasteiger partial charge in [0.05, 0.1) is 19.6 Å². The summed E-state index contributed by atoms with van der Waals surface area (Å²) in [6, 6.07) is 7.07. The minimum Gasteiger partial charge on any atom is -0.496 e. The number of methoxy groups -OCH3 is 1. The van der Waals surface area contributed by atoms with Crippen molar-refractivity contribution in [2.75, 3.05) is 7.11 Å². The summed E-state index contributed by atoms with van der Waals surface area (Å²) in [6.07, 6.45) is -0.897. The SMILES string of the molecule is COc1ccccc1C(O)C(C)CC(=O)O. The first-order chi connectivity index (χ1) is 7.56. The van der Waals surface area contributed by atoms with Crippen LogP contribution in [0.25, 0.3) is 0 Å². The molecule has 0 aliphatic rings. The highest BCUT2D eigenvalue weighted by atomic mass is 16.5. The van der Waals surface area contributed by atoms with Crippen molar-refractivity contribution in [1.29, 1.82) is 0 Å². The fraction of sp³-hybridized carbons (Fsp3) is 0.417. The van der Waals surface area contributed by atoms with Gasteiger partial charge in [-0.1, -0.05) is 25.1 Å². The summed E-state index contributed by atoms with van der Waals surface area (Å²) in [5.41, 5.74) is 0.624. The smallest absolute Gasteiger partial charge is 0.303 e. The maximum atomic E-state index is 10.6. The van der Waals surface area contributed by atoms with Crippen LogP contribution in [0, 0.1) is 5.92 Å². The van der Waals surface area contributed by atoms with Gasteiger partial charge >= 0.3 is 5.97 Å². The van der Waals surface area contributed by atoms with Crippen molar-refractivity contribution in [3.8, 4) is 5.75 Å². The molecule has 2 atom stereocenters. The molecule has 4 nitrogen and oxygen atoms in total. The molecular weight excluding hydrogens is 208 g/mol. The van der Waals surface area contributed by atoms with E-state index in [2.05, 4.69) is 0 Å². The third-order valence-electron chi connectivity index (χ3n) is 2.49. The second-order valence-corrected chi connectivity index (χ2v) is 3.76. The highest BCUT2D eigenvalue weighted by molar-refractivity contribution is 5.67. The zero-order chi connectivity index (χ0) is 12.1. The van der Waals surface area contributed by atoms with E-state index in [0.29, 0.717) is 11.3 Å². The molecule has 0 radical (unpaired) electrons. The van der Waals surface area contributed by atoms with E-state index in [9.17, 15) is 9.90 Å². The third kappa shape index (κ3) is 2.97. The van der Waals surface area contributed by atoms with Gasteiger partial charge < -0.3 is 14.9 Å². The fourth-order valence-corrected chi connectivity index (χ4v) is 1.60. The molecule has 4 heteroatoms. The van der Waals surface area contributed by atoms with E-state index < -0.39 is 12.1 Å². The van der Waals surface area contributed by atoms with Crippen LogP contribution < -0.4 is 4.74 Å². The summed E-state index contributed by atoms with van der Waals surface area (Å²) < 4.78 is 5.11. The van der Waals surface area contributed by atoms with Crippen molar-refractivity contribution >= 4 is 5.97 Å². The van der Waals surface area contributed by atoms with E-state index in [1.165, 1.54) is 7.11 Å². The number of para-hydroxylation sites is 1. The lowest BCUT2D eigenvalue weighted by molar-refractivity contribution is -0.139. The van der Waals surface area contributed by atoms with Crippen molar-refractivity contribution < 1.29 is 19.7 Å². The van der Waals surface area contributed by atoms with E-state index in [0.717, 1.165) is 0 Å². The molecular formula is C12H16O4. The van der Waals surface area contributed by atoms with Crippen molar-refractivity contribution in [1.82, 2.24) is 0 Å². The number of carboxylic acid groups (broad SMARTS) is 1. The van der Waals surface area contributed by atoms with Crippen LogP contribution in [-0.4, -0.2) is 23.3 Å². The maximum absolute atomic E-state index is 10.6. The van der Waals surface area contributed by atoms with E-state index in [4.69, 9.17) is 9.84 Å². The highest BCUT2D eigenvalue weighted by Crippen LogP contribution is 2.31. The van der Waals surface area contributed by atoms with Crippen LogP contribution in [0.4, 0.5) is 0 Å². The molecule has 16 heavy (non-hydrogen) atoms. The molecule has 1 aromatic carbocycles. The van der Waals surface area contributed by atoms with Gasteiger partial charge in [-0.3, -0.25) is 4.79 Å². The molecule has 0 aromatic heterocycles. The van der Waals surface area contributed by atoms with Gasteiger partial charge in [0.1, 0.15) is 5.75 Å². The maximum Gasteiger partial charge on any atom is 0.303 e. The van der Waals surface area contributed by atoms with Crippen LogP contribution in [0.3, 0.4) is 0 Å². The fourth-order valence-electron chi connectivity index (χ4n) is 1.60. The van der Waals surface area contributed by atoms with E-state index >= 15 is 0 Å². The van der Waals surface area contributed by atoms with Crippen molar-refractivity contribution in [2.24, 2.45) is 5.92 Å². The quantitative estimate of drug-likeness (QED) is 0.800. The molecule has 1 rings (SSSR count). The van der Waals surface area contributed by atoms with Gasteiger partial charge in [0.15, 0.2) is 0 Å². The number of aliphatic carboxylic acids is 1. The Morgan fingerprint density at radius 2 is 2.06 bits per heavy atom. The lowest BCUT2D eigenvalue weighted by atomic mass is 9.94. The van der Waals surface area contributed by atoms with Gasteiger partial charge in [0, 0.05) is 5.56 Å². The van der Waals surface area contributed by atoms with Gasteiger partial charge in [-0.25, -0.2) is 0 Å². The summed E-state index contributed by atoms with van der Waals surface area (Å²) in [5, 5.41) is 18.7. The van der Waals surface area contributed by atoms with E-state index in [-0.39, 0.29) is 12.3 Å². The molecule has 2 unspecified atom stereocenters. The first kappa shape index (κ1) is 12.5. The second kappa shape index (κ2) is 5.51. The number of hydrogen-bond donors (Lipinski definition) is 2. The largest absolute Gasteiger partial charge is 0.496 e. The Kier molecular flexibility index (Phi) is 4.31. The molecule has 0 heterocycles. The van der Waals surface area contributed by atoms with Gasteiger partial charge in [0.25, 0.3) is 0 Å². The Bertz CT molecular complexity index is 362. The van der Waals surface area contributed by atoms with Gasteiger partial charge in [0.2, 0.25) is 0 Å². The Hall–Kier alpha value is -1.55. The number of benzene rings is 1. The van der Waals surface area contributed by atoms with Crippen LogP contribution in [-0.2, 0) is 4.79 Å². The minimum atomic E-state index is -0.915. The Balaban J connectivity index is 2.86. The molecule has 0 saturated carbocycles. The Morgan fingerprint density at radius 3 is 2.62 bits per heavy atom. The van der Waals surface area contributed by atoms with Crippen LogP contribution in [0.2, 0.25) is 0 Å². The predicted octanol–water partition coefficient (Wildman–Crippen LogP) is 1.84. The second-order valence-electron chi connectivity index (χ2n) is 3.76. The Labute approximate surface area is 94.5 Å². The molecule has 1 aromatic rings. The summed E-state index contributed by atoms with van der Waals surface area (Å²) in [6.45, 7) is 1.70. The van der Waals surface area contributed by atoms with Crippen LogP contribution >= 0.6 is 0 Å². The average Bonchev–Trinajstić information content (AvgIpc) is 2.27. The van der Waals surface area contributed by atoms with Crippen molar-refractivity contribution in [3.05, 3.63) is 29.8 Å². The number of carbonyl (C=O) groups is 1. The topological polar surface area (TPSA) is 66.8 Å². The van der Waals surface area contributed by atoms with Crippen LogP contribution in [0.15, 0.2) is 24.3 Å². The lowest BCUT2D eigenvalue weighted by Crippen LogP contribution is -2.14. The zero-order valence-electron chi connectivity index (χ0n) is 9.38. The Morgan fingerprint density at radius 1 is 1.44 bits per heavy atom. The lowest BCUT2D eigenvalue weighted by Gasteiger charge is -2.19. The van der Waals surface area contributed by atoms with Crippen LogP contribution in [0.1, 0.15) is 25.0 Å². The third-order valence-corrected chi connectivity index (χ3v) is 2.49. The number of aliphatic hydroxyl groups is 1. The summed E-state index contributed by atoms with van der Waals surface area (Å²) in [4.78, 5) is 10.6. The monoisotopic (exact) mass is 224 g/mol. The van der Waals surface area contributed by atoms with Crippen molar-refractivity contribution in [3.63, 3.8) is 0 Å². The summed E-state index contributed by atoms with van der Waals surface area (Å²) in [7, 11) is 1.52. The number of aliphatic hydroxyl groups excluding tert-OH is 1. The minimum absolute atomic E-state index is 0.0702. The standard InChI is InChI=1S/C12H16O4/c1-8(7-11(13)14)12(15)9-5-3-4-6-10(9)16-2/h3-6,8,12,15H,7H2,1-2H3,(H,13,14). The normalized spacial score (nSPS) is 14.2.